The fourth-order valence-electron chi connectivity index (χ4n) is 1.22. The van der Waals surface area contributed by atoms with E-state index < -0.39 is 0 Å². The average molecular weight is 230 g/mol. The lowest BCUT2D eigenvalue weighted by Gasteiger charge is -2.25. The first-order chi connectivity index (χ1) is 6.75. The molecule has 14 heavy (non-hydrogen) atoms. The maximum Gasteiger partial charge on any atom is 0.0608 e. The molecule has 1 heterocycles. The van der Waals surface area contributed by atoms with E-state index in [1.54, 1.807) is 0 Å². The highest BCUT2D eigenvalue weighted by Crippen LogP contribution is 2.27. The van der Waals surface area contributed by atoms with E-state index in [9.17, 15) is 0 Å². The van der Waals surface area contributed by atoms with Crippen LogP contribution in [0.25, 0.3) is 0 Å². The van der Waals surface area contributed by atoms with Crippen LogP contribution in [-0.4, -0.2) is 18.5 Å². The summed E-state index contributed by atoms with van der Waals surface area (Å²) >= 11 is 7.77. The Balaban J connectivity index is 1.96. The number of benzene rings is 1. The summed E-state index contributed by atoms with van der Waals surface area (Å²) in [5.74, 6) is 0.917. The molecule has 0 amide bonds. The first-order valence-electron chi connectivity index (χ1n) is 4.49. The molecule has 1 aromatic carbocycles. The minimum Gasteiger partial charge on any atom is -0.398 e. The van der Waals surface area contributed by atoms with E-state index in [4.69, 9.17) is 22.1 Å². The maximum absolute atomic E-state index is 5.89. The van der Waals surface area contributed by atoms with E-state index in [0.717, 1.165) is 35.2 Å². The van der Waals surface area contributed by atoms with E-state index in [2.05, 4.69) is 0 Å². The summed E-state index contributed by atoms with van der Waals surface area (Å²) in [7, 11) is 0. The molecule has 0 aliphatic carbocycles. The van der Waals surface area contributed by atoms with Crippen LogP contribution in [0.1, 0.15) is 5.56 Å². The van der Waals surface area contributed by atoms with Crippen LogP contribution in [0.15, 0.2) is 18.2 Å². The molecule has 2 nitrogen and oxygen atoms in total. The van der Waals surface area contributed by atoms with Crippen LogP contribution >= 0.6 is 23.4 Å². The highest BCUT2D eigenvalue weighted by Gasteiger charge is 2.18. The highest BCUT2D eigenvalue weighted by molar-refractivity contribution is 7.99. The third-order valence-electron chi connectivity index (χ3n) is 2.19. The lowest BCUT2D eigenvalue weighted by atomic mass is 10.2. The molecule has 0 aromatic heterocycles. The fraction of sp³-hybridized carbons (Fsp3) is 0.400. The maximum atomic E-state index is 5.89. The van der Waals surface area contributed by atoms with Gasteiger partial charge in [-0.1, -0.05) is 11.6 Å². The van der Waals surface area contributed by atoms with Crippen molar-refractivity contribution in [3.63, 3.8) is 0 Å². The summed E-state index contributed by atoms with van der Waals surface area (Å²) in [5.41, 5.74) is 7.77. The SMILES string of the molecule is Nc1ccc(Cl)cc1CSC1COC1. The lowest BCUT2D eigenvalue weighted by Crippen LogP contribution is -2.30. The van der Waals surface area contributed by atoms with Crippen LogP contribution in [0.4, 0.5) is 5.69 Å². The Morgan fingerprint density at radius 1 is 1.50 bits per heavy atom. The topological polar surface area (TPSA) is 35.2 Å². The lowest BCUT2D eigenvalue weighted by molar-refractivity contribution is 0.0455. The van der Waals surface area contributed by atoms with Crippen molar-refractivity contribution >= 4 is 29.1 Å². The van der Waals surface area contributed by atoms with E-state index in [1.165, 1.54) is 0 Å². The number of thioether (sulfide) groups is 1. The van der Waals surface area contributed by atoms with Gasteiger partial charge >= 0.3 is 0 Å². The molecule has 76 valence electrons. The quantitative estimate of drug-likeness (QED) is 0.810. The van der Waals surface area contributed by atoms with Gasteiger partial charge < -0.3 is 10.5 Å². The van der Waals surface area contributed by atoms with Crippen molar-refractivity contribution < 1.29 is 4.74 Å². The number of anilines is 1. The van der Waals surface area contributed by atoms with Crippen LogP contribution < -0.4 is 5.73 Å². The first-order valence-corrected chi connectivity index (χ1v) is 5.91. The normalized spacial score (nSPS) is 16.6. The minimum atomic E-state index is 0.633. The number of nitrogens with two attached hydrogens (primary N) is 1. The molecular weight excluding hydrogens is 218 g/mol. The minimum absolute atomic E-state index is 0.633. The van der Waals surface area contributed by atoms with Gasteiger partial charge in [0, 0.05) is 16.5 Å². The van der Waals surface area contributed by atoms with Crippen molar-refractivity contribution in [3.8, 4) is 0 Å². The predicted octanol–water partition coefficient (Wildman–Crippen LogP) is 2.55. The molecule has 0 radical (unpaired) electrons. The molecule has 1 saturated heterocycles. The van der Waals surface area contributed by atoms with Crippen LogP contribution in [0.3, 0.4) is 0 Å². The van der Waals surface area contributed by atoms with Gasteiger partial charge in [-0.05, 0) is 23.8 Å². The molecule has 1 aromatic rings. The average Bonchev–Trinajstić information content (AvgIpc) is 2.08. The van der Waals surface area contributed by atoms with Crippen molar-refractivity contribution in [2.75, 3.05) is 18.9 Å². The molecule has 4 heteroatoms. The van der Waals surface area contributed by atoms with Crippen molar-refractivity contribution in [3.05, 3.63) is 28.8 Å². The Morgan fingerprint density at radius 2 is 2.29 bits per heavy atom. The highest BCUT2D eigenvalue weighted by atomic mass is 35.5. The molecule has 0 unspecified atom stereocenters. The van der Waals surface area contributed by atoms with Gasteiger partial charge in [0.25, 0.3) is 0 Å². The van der Waals surface area contributed by atoms with E-state index in [1.807, 2.05) is 30.0 Å². The Bertz CT molecular complexity index is 328. The number of rotatable bonds is 3. The molecule has 0 saturated carbocycles. The second-order valence-electron chi connectivity index (χ2n) is 3.31. The van der Waals surface area contributed by atoms with Gasteiger partial charge in [-0.3, -0.25) is 0 Å². The summed E-state index contributed by atoms with van der Waals surface area (Å²) < 4.78 is 5.10. The molecule has 1 aliphatic heterocycles. The van der Waals surface area contributed by atoms with Crippen LogP contribution in [0, 0.1) is 0 Å². The number of hydrogen-bond acceptors (Lipinski definition) is 3. The third-order valence-corrected chi connectivity index (χ3v) is 3.64. The second kappa shape index (κ2) is 4.43. The van der Waals surface area contributed by atoms with Crippen LogP contribution in [-0.2, 0) is 10.5 Å². The van der Waals surface area contributed by atoms with Gasteiger partial charge in [0.1, 0.15) is 0 Å². The number of hydrogen-bond donors (Lipinski definition) is 1. The van der Waals surface area contributed by atoms with Gasteiger partial charge in [0.2, 0.25) is 0 Å². The number of ether oxygens (including phenoxy) is 1. The first kappa shape index (κ1) is 10.1. The zero-order valence-electron chi connectivity index (χ0n) is 7.70. The Kier molecular flexibility index (Phi) is 3.21. The zero-order chi connectivity index (χ0) is 9.97. The van der Waals surface area contributed by atoms with Gasteiger partial charge in [0.05, 0.1) is 18.5 Å². The van der Waals surface area contributed by atoms with Crippen LogP contribution in [0.2, 0.25) is 5.02 Å². The summed E-state index contributed by atoms with van der Waals surface area (Å²) in [5, 5.41) is 1.38. The van der Waals surface area contributed by atoms with Gasteiger partial charge in [-0.2, -0.15) is 0 Å². The standard InChI is InChI=1S/C10H12ClNOS/c11-8-1-2-10(12)7(3-8)6-14-9-4-13-5-9/h1-3,9H,4-6,12H2. The Hall–Kier alpha value is -0.380. The summed E-state index contributed by atoms with van der Waals surface area (Å²) in [6.45, 7) is 1.73. The monoisotopic (exact) mass is 229 g/mol. The van der Waals surface area contributed by atoms with E-state index in [-0.39, 0.29) is 0 Å². The fourth-order valence-corrected chi connectivity index (χ4v) is 2.46. The Morgan fingerprint density at radius 3 is 2.93 bits per heavy atom. The van der Waals surface area contributed by atoms with Crippen molar-refractivity contribution in [1.29, 1.82) is 0 Å². The summed E-state index contributed by atoms with van der Waals surface area (Å²) in [6, 6.07) is 5.61. The van der Waals surface area contributed by atoms with Crippen molar-refractivity contribution in [2.45, 2.75) is 11.0 Å². The summed E-state index contributed by atoms with van der Waals surface area (Å²) in [4.78, 5) is 0. The smallest absolute Gasteiger partial charge is 0.0608 e. The van der Waals surface area contributed by atoms with Gasteiger partial charge in [-0.25, -0.2) is 0 Å². The molecule has 0 spiro atoms. The van der Waals surface area contributed by atoms with E-state index in [0.29, 0.717) is 5.25 Å². The van der Waals surface area contributed by atoms with E-state index >= 15 is 0 Å². The van der Waals surface area contributed by atoms with Gasteiger partial charge in [-0.15, -0.1) is 11.8 Å². The predicted molar refractivity (Wildman–Crippen MR) is 61.8 cm³/mol. The molecule has 2 rings (SSSR count). The largest absolute Gasteiger partial charge is 0.398 e. The number of nitrogen functional groups attached to an aromatic ring is 1. The number of halogens is 1. The zero-order valence-corrected chi connectivity index (χ0v) is 9.27. The van der Waals surface area contributed by atoms with Gasteiger partial charge in [0.15, 0.2) is 0 Å². The molecule has 0 atom stereocenters. The Labute approximate surface area is 92.8 Å². The third kappa shape index (κ3) is 2.35. The molecule has 1 aliphatic rings. The second-order valence-corrected chi connectivity index (χ2v) is 5.04. The molecule has 1 fully saturated rings. The van der Waals surface area contributed by atoms with Crippen molar-refractivity contribution in [2.24, 2.45) is 0 Å². The molecule has 2 N–H and O–H groups in total. The van der Waals surface area contributed by atoms with Crippen LogP contribution in [0.5, 0.6) is 0 Å². The summed E-state index contributed by atoms with van der Waals surface area (Å²) in [6.07, 6.45) is 0. The van der Waals surface area contributed by atoms with Crippen molar-refractivity contribution in [1.82, 2.24) is 0 Å². The molecule has 0 bridgehead atoms. The molecular formula is C10H12ClNOS.